The van der Waals surface area contributed by atoms with E-state index in [1.165, 1.54) is 0 Å². The normalized spacial score (nSPS) is 18.7. The molecule has 6 heteroatoms. The Morgan fingerprint density at radius 3 is 2.53 bits per heavy atom. The van der Waals surface area contributed by atoms with Crippen molar-refractivity contribution in [1.82, 2.24) is 5.32 Å². The number of nitrogens with zero attached hydrogens (tertiary/aromatic N) is 1. The van der Waals surface area contributed by atoms with Crippen molar-refractivity contribution in [1.29, 1.82) is 0 Å². The van der Waals surface area contributed by atoms with E-state index in [2.05, 4.69) is 10.3 Å². The number of amidine groups is 1. The highest BCUT2D eigenvalue weighted by atomic mass is 19.4. The second-order valence-electron chi connectivity index (χ2n) is 3.90. The maximum Gasteiger partial charge on any atom is 0.408 e. The molecular weight excluding hydrogens is 209 g/mol. The molecular formula is C9H15F3N2O. The predicted molar refractivity (Wildman–Crippen MR) is 50.7 cm³/mol. The molecule has 0 bridgehead atoms. The summed E-state index contributed by atoms with van der Waals surface area (Å²) < 4.78 is 42.6. The van der Waals surface area contributed by atoms with Gasteiger partial charge in [0, 0.05) is 0 Å². The average molecular weight is 224 g/mol. The van der Waals surface area contributed by atoms with Gasteiger partial charge in [0.15, 0.2) is 0 Å². The Hall–Kier alpha value is -0.940. The summed E-state index contributed by atoms with van der Waals surface area (Å²) in [5, 5.41) is 2.29. The highest BCUT2D eigenvalue weighted by Gasteiger charge is 2.40. The molecule has 1 unspecified atom stereocenters. The smallest absolute Gasteiger partial charge is 0.408 e. The highest BCUT2D eigenvalue weighted by Crippen LogP contribution is 2.25. The Labute approximate surface area is 86.7 Å². The Morgan fingerprint density at radius 1 is 1.47 bits per heavy atom. The molecule has 1 rings (SSSR count). The molecule has 0 aromatic rings. The minimum atomic E-state index is -4.27. The van der Waals surface area contributed by atoms with Gasteiger partial charge in [-0.1, -0.05) is 13.8 Å². The summed E-state index contributed by atoms with van der Waals surface area (Å²) in [4.78, 5) is 3.78. The summed E-state index contributed by atoms with van der Waals surface area (Å²) >= 11 is 0. The summed E-state index contributed by atoms with van der Waals surface area (Å²) in [6.45, 7) is 4.28. The number of ether oxygens (including phenoxy) is 1. The lowest BCUT2D eigenvalue weighted by Gasteiger charge is -2.23. The first-order valence-corrected chi connectivity index (χ1v) is 4.90. The monoisotopic (exact) mass is 224 g/mol. The minimum absolute atomic E-state index is 0.0120. The van der Waals surface area contributed by atoms with Crippen LogP contribution in [0.4, 0.5) is 13.2 Å². The van der Waals surface area contributed by atoms with Crippen LogP contribution in [-0.2, 0) is 4.74 Å². The summed E-state index contributed by atoms with van der Waals surface area (Å²) in [6.07, 6.45) is -4.25. The topological polar surface area (TPSA) is 33.6 Å². The van der Waals surface area contributed by atoms with Crippen LogP contribution in [0.2, 0.25) is 0 Å². The Morgan fingerprint density at radius 2 is 2.13 bits per heavy atom. The molecule has 0 saturated carbocycles. The largest absolute Gasteiger partial charge is 0.463 e. The third-order valence-electron chi connectivity index (χ3n) is 1.99. The van der Waals surface area contributed by atoms with Gasteiger partial charge in [-0.25, -0.2) is 4.99 Å². The molecule has 1 heterocycles. The zero-order chi connectivity index (χ0) is 11.5. The maximum atomic E-state index is 12.6. The van der Waals surface area contributed by atoms with Gasteiger partial charge in [-0.15, -0.1) is 0 Å². The SMILES string of the molecule is CC(C)CC(NC1=NCCO1)C(F)(F)F. The predicted octanol–water partition coefficient (Wildman–Crippen LogP) is 1.94. The Kier molecular flexibility index (Phi) is 3.82. The number of halogens is 3. The first-order chi connectivity index (χ1) is 6.89. The van der Waals surface area contributed by atoms with Crippen LogP contribution in [0.25, 0.3) is 0 Å². The van der Waals surface area contributed by atoms with Crippen molar-refractivity contribution in [3.8, 4) is 0 Å². The van der Waals surface area contributed by atoms with Crippen LogP contribution < -0.4 is 5.32 Å². The fourth-order valence-electron chi connectivity index (χ4n) is 1.32. The molecule has 0 spiro atoms. The van der Waals surface area contributed by atoms with Crippen LogP contribution >= 0.6 is 0 Å². The van der Waals surface area contributed by atoms with Gasteiger partial charge >= 0.3 is 6.18 Å². The molecule has 0 saturated heterocycles. The fraction of sp³-hybridized carbons (Fsp3) is 0.889. The third kappa shape index (κ3) is 3.97. The number of rotatable bonds is 3. The van der Waals surface area contributed by atoms with E-state index in [0.29, 0.717) is 13.2 Å². The van der Waals surface area contributed by atoms with Gasteiger partial charge in [-0.2, -0.15) is 13.2 Å². The molecule has 88 valence electrons. The lowest BCUT2D eigenvalue weighted by molar-refractivity contribution is -0.156. The fourth-order valence-corrected chi connectivity index (χ4v) is 1.32. The van der Waals surface area contributed by atoms with Crippen molar-refractivity contribution in [2.75, 3.05) is 13.2 Å². The molecule has 1 atom stereocenters. The molecule has 0 fully saturated rings. The van der Waals surface area contributed by atoms with Gasteiger partial charge in [0.1, 0.15) is 12.6 Å². The molecule has 0 amide bonds. The minimum Gasteiger partial charge on any atom is -0.463 e. The first-order valence-electron chi connectivity index (χ1n) is 4.90. The molecule has 1 N–H and O–H groups in total. The summed E-state index contributed by atoms with van der Waals surface area (Å²) in [7, 11) is 0. The third-order valence-corrected chi connectivity index (χ3v) is 1.99. The average Bonchev–Trinajstić information content (AvgIpc) is 2.53. The number of hydrogen-bond acceptors (Lipinski definition) is 3. The van der Waals surface area contributed by atoms with Crippen LogP contribution in [0.1, 0.15) is 20.3 Å². The molecule has 1 aliphatic rings. The highest BCUT2D eigenvalue weighted by molar-refractivity contribution is 5.75. The van der Waals surface area contributed by atoms with Gasteiger partial charge < -0.3 is 10.1 Å². The van der Waals surface area contributed by atoms with E-state index in [1.54, 1.807) is 13.8 Å². The van der Waals surface area contributed by atoms with Crippen molar-refractivity contribution in [3.63, 3.8) is 0 Å². The number of nitrogens with one attached hydrogen (secondary N) is 1. The van der Waals surface area contributed by atoms with Gasteiger partial charge in [0.25, 0.3) is 6.02 Å². The zero-order valence-electron chi connectivity index (χ0n) is 8.77. The van der Waals surface area contributed by atoms with E-state index in [4.69, 9.17) is 4.74 Å². The van der Waals surface area contributed by atoms with Gasteiger partial charge in [0.05, 0.1) is 6.54 Å². The van der Waals surface area contributed by atoms with Crippen LogP contribution in [0, 0.1) is 5.92 Å². The van der Waals surface area contributed by atoms with Crippen LogP contribution in [-0.4, -0.2) is 31.4 Å². The van der Waals surface area contributed by atoms with Gasteiger partial charge in [-0.3, -0.25) is 0 Å². The molecule has 1 aliphatic heterocycles. The van der Waals surface area contributed by atoms with E-state index in [0.717, 1.165) is 0 Å². The van der Waals surface area contributed by atoms with Crippen LogP contribution in [0.3, 0.4) is 0 Å². The van der Waals surface area contributed by atoms with Crippen molar-refractivity contribution < 1.29 is 17.9 Å². The van der Waals surface area contributed by atoms with E-state index >= 15 is 0 Å². The molecule has 0 aromatic heterocycles. The maximum absolute atomic E-state index is 12.6. The quantitative estimate of drug-likeness (QED) is 0.794. The second-order valence-corrected chi connectivity index (χ2v) is 3.90. The van der Waals surface area contributed by atoms with Crippen LogP contribution in [0.5, 0.6) is 0 Å². The summed E-state index contributed by atoms with van der Waals surface area (Å²) in [6, 6.07) is -1.56. The van der Waals surface area contributed by atoms with Gasteiger partial charge in [0.2, 0.25) is 0 Å². The first kappa shape index (κ1) is 12.1. The summed E-state index contributed by atoms with van der Waals surface area (Å²) in [5.74, 6) is -0.0360. The number of aliphatic imine (C=N–C) groups is 1. The molecule has 0 aromatic carbocycles. The van der Waals surface area contributed by atoms with Gasteiger partial charge in [-0.05, 0) is 12.3 Å². The zero-order valence-corrected chi connectivity index (χ0v) is 8.77. The number of alkyl halides is 3. The van der Waals surface area contributed by atoms with Crippen molar-refractivity contribution in [3.05, 3.63) is 0 Å². The standard InChI is InChI=1S/C9H15F3N2O/c1-6(2)5-7(9(10,11)12)14-8-13-3-4-15-8/h6-7H,3-5H2,1-2H3,(H,13,14). The van der Waals surface area contributed by atoms with E-state index in [1.807, 2.05) is 0 Å². The van der Waals surface area contributed by atoms with Crippen LogP contribution in [0.15, 0.2) is 4.99 Å². The lowest BCUT2D eigenvalue weighted by atomic mass is 10.0. The molecule has 0 radical (unpaired) electrons. The Bertz CT molecular complexity index is 238. The van der Waals surface area contributed by atoms with Crippen molar-refractivity contribution >= 4 is 6.02 Å². The van der Waals surface area contributed by atoms with E-state index in [9.17, 15) is 13.2 Å². The lowest BCUT2D eigenvalue weighted by Crippen LogP contribution is -2.46. The molecule has 15 heavy (non-hydrogen) atoms. The van der Waals surface area contributed by atoms with E-state index in [-0.39, 0.29) is 18.4 Å². The summed E-state index contributed by atoms with van der Waals surface area (Å²) in [5.41, 5.74) is 0. The molecule has 3 nitrogen and oxygen atoms in total. The second kappa shape index (κ2) is 4.72. The van der Waals surface area contributed by atoms with Crippen molar-refractivity contribution in [2.24, 2.45) is 10.9 Å². The Balaban J connectivity index is 2.56. The van der Waals surface area contributed by atoms with E-state index < -0.39 is 12.2 Å². The number of hydrogen-bond donors (Lipinski definition) is 1. The molecule has 0 aliphatic carbocycles. The van der Waals surface area contributed by atoms with Crippen molar-refractivity contribution in [2.45, 2.75) is 32.5 Å².